The highest BCUT2D eigenvalue weighted by molar-refractivity contribution is 5.86. The molecule has 166 valence electrons. The molecule has 1 N–H and O–H groups in total. The molecule has 0 aromatic heterocycles. The van der Waals surface area contributed by atoms with Crippen molar-refractivity contribution in [3.05, 3.63) is 41.5 Å². The van der Waals surface area contributed by atoms with Crippen LogP contribution in [0.1, 0.15) is 32.3 Å². The van der Waals surface area contributed by atoms with E-state index in [0.29, 0.717) is 0 Å². The van der Waals surface area contributed by atoms with Gasteiger partial charge in [-0.1, -0.05) is 36.8 Å². The molecule has 0 radical (unpaired) electrons. The molecule has 1 spiro atoms. The van der Waals surface area contributed by atoms with E-state index in [9.17, 15) is 14.7 Å². The lowest BCUT2D eigenvalue weighted by Crippen LogP contribution is -2.78. The summed E-state index contributed by atoms with van der Waals surface area (Å²) in [6.45, 7) is 5.09. The average Bonchev–Trinajstić information content (AvgIpc) is 3.27. The molecule has 3 aliphatic heterocycles. The van der Waals surface area contributed by atoms with Crippen LogP contribution in [0.4, 0.5) is 5.69 Å². The Morgan fingerprint density at radius 2 is 2.03 bits per heavy atom. The van der Waals surface area contributed by atoms with Crippen LogP contribution in [0.5, 0.6) is 0 Å². The Labute approximate surface area is 182 Å². The predicted octanol–water partition coefficient (Wildman–Crippen LogP) is 1.63. The molecule has 4 aliphatic rings. The predicted molar refractivity (Wildman–Crippen MR) is 115 cm³/mol. The number of methoxy groups -OCH3 is 1. The number of fused-ring (bicyclic) bond motifs is 1. The van der Waals surface area contributed by atoms with Crippen molar-refractivity contribution in [2.24, 2.45) is 5.92 Å². The molecule has 0 unspecified atom stereocenters. The minimum absolute atomic E-state index is 0.0258. The second kappa shape index (κ2) is 6.81. The van der Waals surface area contributed by atoms with E-state index < -0.39 is 35.1 Å². The van der Waals surface area contributed by atoms with Crippen molar-refractivity contribution in [3.63, 3.8) is 0 Å². The molecule has 6 atom stereocenters. The Morgan fingerprint density at radius 1 is 1.29 bits per heavy atom. The third kappa shape index (κ3) is 2.36. The van der Waals surface area contributed by atoms with Gasteiger partial charge in [0.2, 0.25) is 5.60 Å². The number of carbonyl (C=O) groups excluding carboxylic acids is 2. The zero-order valence-electron chi connectivity index (χ0n) is 18.5. The summed E-state index contributed by atoms with van der Waals surface area (Å²) < 4.78 is 11.0. The largest absolute Gasteiger partial charge is 0.467 e. The number of ether oxygens (including phenoxy) is 2. The van der Waals surface area contributed by atoms with Crippen molar-refractivity contribution in [1.82, 2.24) is 4.90 Å². The summed E-state index contributed by atoms with van der Waals surface area (Å²) in [5.41, 5.74) is 0.815. The molecule has 1 aromatic carbocycles. The number of aliphatic hydroxyl groups is 1. The van der Waals surface area contributed by atoms with Crippen molar-refractivity contribution in [3.8, 4) is 0 Å². The van der Waals surface area contributed by atoms with E-state index in [0.717, 1.165) is 42.8 Å². The fraction of sp³-hybridized carbons (Fsp3) is 0.583. The van der Waals surface area contributed by atoms with Gasteiger partial charge in [-0.15, -0.1) is 0 Å². The van der Waals surface area contributed by atoms with Crippen LogP contribution in [0.2, 0.25) is 0 Å². The van der Waals surface area contributed by atoms with Crippen LogP contribution in [-0.4, -0.2) is 73.0 Å². The summed E-state index contributed by atoms with van der Waals surface area (Å²) in [6.07, 6.45) is 2.74. The molecule has 1 aliphatic carbocycles. The highest BCUT2D eigenvalue weighted by atomic mass is 16.6. The highest BCUT2D eigenvalue weighted by Gasteiger charge is 2.77. The standard InChI is InChI=1S/C24H30N2O5/c1-5-15-10-12-26-13-11-23-16-8-6-7-9-17(16)25(3)21(23)24(29,22(28)30-4)20(31-14(2)27)18(15)19(23)26/h6-10,18-21,29H,5,11-13H2,1-4H3/t18-,19+,20-,21-,23-,24-/m1/s1. The Balaban J connectivity index is 1.83. The molecule has 1 aromatic rings. The maximum Gasteiger partial charge on any atom is 0.344 e. The minimum atomic E-state index is -2.00. The number of para-hydroxylation sites is 1. The number of likely N-dealkylation sites (N-methyl/N-ethyl adjacent to an activating group) is 1. The van der Waals surface area contributed by atoms with Gasteiger partial charge in [-0.2, -0.15) is 0 Å². The van der Waals surface area contributed by atoms with Crippen molar-refractivity contribution in [1.29, 1.82) is 0 Å². The maximum atomic E-state index is 13.3. The van der Waals surface area contributed by atoms with Crippen LogP contribution in [0.3, 0.4) is 0 Å². The number of carbonyl (C=O) groups is 2. The summed E-state index contributed by atoms with van der Waals surface area (Å²) >= 11 is 0. The van der Waals surface area contributed by atoms with Gasteiger partial charge in [0.25, 0.3) is 0 Å². The van der Waals surface area contributed by atoms with Crippen molar-refractivity contribution < 1.29 is 24.2 Å². The van der Waals surface area contributed by atoms with Crippen molar-refractivity contribution >= 4 is 17.6 Å². The van der Waals surface area contributed by atoms with Crippen LogP contribution in [0.15, 0.2) is 35.9 Å². The average molecular weight is 427 g/mol. The third-order valence-corrected chi connectivity index (χ3v) is 8.14. The van der Waals surface area contributed by atoms with E-state index in [1.165, 1.54) is 14.0 Å². The minimum Gasteiger partial charge on any atom is -0.467 e. The Kier molecular flexibility index (Phi) is 4.51. The smallest absolute Gasteiger partial charge is 0.344 e. The van der Waals surface area contributed by atoms with Crippen LogP contribution >= 0.6 is 0 Å². The van der Waals surface area contributed by atoms with Gasteiger partial charge in [0.1, 0.15) is 0 Å². The molecule has 1 saturated carbocycles. The van der Waals surface area contributed by atoms with Crippen LogP contribution in [0, 0.1) is 5.92 Å². The summed E-state index contributed by atoms with van der Waals surface area (Å²) in [6, 6.07) is 7.59. The van der Waals surface area contributed by atoms with Crippen molar-refractivity contribution in [2.75, 3.05) is 32.1 Å². The molecule has 3 heterocycles. The number of anilines is 1. The quantitative estimate of drug-likeness (QED) is 0.581. The first kappa shape index (κ1) is 20.5. The monoisotopic (exact) mass is 426 g/mol. The molecule has 0 bridgehead atoms. The molecule has 5 rings (SSSR count). The molecular weight excluding hydrogens is 396 g/mol. The summed E-state index contributed by atoms with van der Waals surface area (Å²) in [4.78, 5) is 30.0. The van der Waals surface area contributed by atoms with Gasteiger partial charge < -0.3 is 19.5 Å². The van der Waals surface area contributed by atoms with E-state index in [1.807, 2.05) is 30.1 Å². The number of hydrogen-bond acceptors (Lipinski definition) is 7. The fourth-order valence-electron chi connectivity index (χ4n) is 7.26. The van der Waals surface area contributed by atoms with Gasteiger partial charge >= 0.3 is 11.9 Å². The molecule has 7 heteroatoms. The number of esters is 2. The van der Waals surface area contributed by atoms with Crippen LogP contribution in [0.25, 0.3) is 0 Å². The van der Waals surface area contributed by atoms with Gasteiger partial charge in [0.05, 0.1) is 13.2 Å². The second-order valence-electron chi connectivity index (χ2n) is 9.27. The zero-order valence-corrected chi connectivity index (χ0v) is 18.5. The Morgan fingerprint density at radius 3 is 2.71 bits per heavy atom. The molecule has 1 saturated heterocycles. The highest BCUT2D eigenvalue weighted by Crippen LogP contribution is 2.63. The SMILES string of the molecule is CCC1=CCN2CC[C@]34c5ccccc5N(C)[C@H]3[C@@](O)(C(=O)OC)[C@H](OC(C)=O)[C@H]1[C@H]24. The van der Waals surface area contributed by atoms with E-state index in [4.69, 9.17) is 9.47 Å². The van der Waals surface area contributed by atoms with Crippen molar-refractivity contribution in [2.45, 2.75) is 55.9 Å². The van der Waals surface area contributed by atoms with E-state index in [-0.39, 0.29) is 12.0 Å². The topological polar surface area (TPSA) is 79.3 Å². The third-order valence-electron chi connectivity index (χ3n) is 8.14. The molecule has 2 fully saturated rings. The first-order valence-electron chi connectivity index (χ1n) is 11.1. The van der Waals surface area contributed by atoms with Gasteiger partial charge in [-0.25, -0.2) is 4.79 Å². The lowest BCUT2D eigenvalue weighted by Gasteiger charge is -2.59. The first-order chi connectivity index (χ1) is 14.8. The van der Waals surface area contributed by atoms with Gasteiger partial charge in [0, 0.05) is 43.6 Å². The Hall–Kier alpha value is -2.38. The van der Waals surface area contributed by atoms with Gasteiger partial charge in [-0.05, 0) is 31.0 Å². The number of nitrogens with zero attached hydrogens (tertiary/aromatic N) is 2. The first-order valence-corrected chi connectivity index (χ1v) is 11.1. The van der Waals surface area contributed by atoms with E-state index >= 15 is 0 Å². The fourth-order valence-corrected chi connectivity index (χ4v) is 7.26. The van der Waals surface area contributed by atoms with E-state index in [2.05, 4.69) is 24.0 Å². The number of benzene rings is 1. The number of rotatable bonds is 3. The molecule has 0 amide bonds. The van der Waals surface area contributed by atoms with Gasteiger partial charge in [0.15, 0.2) is 6.10 Å². The second-order valence-corrected chi connectivity index (χ2v) is 9.27. The molecule has 31 heavy (non-hydrogen) atoms. The normalized spacial score (nSPS) is 38.1. The summed E-state index contributed by atoms with van der Waals surface area (Å²) in [5, 5.41) is 12.3. The molecular formula is C24H30N2O5. The lowest BCUT2D eigenvalue weighted by atomic mass is 9.53. The van der Waals surface area contributed by atoms with E-state index in [1.54, 1.807) is 0 Å². The molecule has 7 nitrogen and oxygen atoms in total. The maximum absolute atomic E-state index is 13.3. The summed E-state index contributed by atoms with van der Waals surface area (Å²) in [5.74, 6) is -1.55. The van der Waals surface area contributed by atoms with Gasteiger partial charge in [-0.3, -0.25) is 9.69 Å². The lowest BCUT2D eigenvalue weighted by molar-refractivity contribution is -0.212. The Bertz CT molecular complexity index is 976. The zero-order chi connectivity index (χ0) is 22.1. The van der Waals surface area contributed by atoms with Crippen LogP contribution < -0.4 is 4.90 Å². The van der Waals surface area contributed by atoms with Crippen LogP contribution in [-0.2, 0) is 24.5 Å². The summed E-state index contributed by atoms with van der Waals surface area (Å²) in [7, 11) is 3.20. The number of hydrogen-bond donors (Lipinski definition) is 1.